The Morgan fingerprint density at radius 2 is 1.79 bits per heavy atom. The van der Waals surface area contributed by atoms with Crippen LogP contribution < -0.4 is 0 Å². The van der Waals surface area contributed by atoms with Crippen molar-refractivity contribution in [2.24, 2.45) is 10.8 Å². The highest BCUT2D eigenvalue weighted by Gasteiger charge is 2.66. The van der Waals surface area contributed by atoms with Gasteiger partial charge in [0.05, 0.1) is 12.7 Å². The molecule has 1 saturated carbocycles. The minimum absolute atomic E-state index is 0.184. The van der Waals surface area contributed by atoms with E-state index in [2.05, 4.69) is 0 Å². The second-order valence-electron chi connectivity index (χ2n) is 6.84. The Hall–Kier alpha value is -0.680. The predicted octanol–water partition coefficient (Wildman–Crippen LogP) is 0.508. The van der Waals surface area contributed by atoms with E-state index in [0.29, 0.717) is 5.57 Å². The van der Waals surface area contributed by atoms with Crippen molar-refractivity contribution in [1.82, 2.24) is 0 Å². The molecule has 0 aromatic heterocycles. The van der Waals surface area contributed by atoms with Crippen LogP contribution in [0.15, 0.2) is 22.8 Å². The highest BCUT2D eigenvalue weighted by molar-refractivity contribution is 5.57. The normalized spacial score (nSPS) is 47.4. The first-order valence-electron chi connectivity index (χ1n) is 6.85. The molecular formula is C15H22O4. The number of fused-ring (bicyclic) bond motifs is 1. The Bertz CT molecular complexity index is 498. The fraction of sp³-hybridized carbons (Fsp3) is 0.733. The monoisotopic (exact) mass is 266 g/mol. The molecule has 0 bridgehead atoms. The summed E-state index contributed by atoms with van der Waals surface area (Å²) in [4.78, 5) is 0. The molecule has 0 aromatic carbocycles. The lowest BCUT2D eigenvalue weighted by atomic mass is 9.66. The van der Waals surface area contributed by atoms with E-state index >= 15 is 0 Å². The minimum atomic E-state index is -1.20. The van der Waals surface area contributed by atoms with Crippen molar-refractivity contribution in [2.75, 3.05) is 6.61 Å². The lowest BCUT2D eigenvalue weighted by Gasteiger charge is -2.44. The minimum Gasteiger partial charge on any atom is -0.395 e. The maximum absolute atomic E-state index is 10.7. The van der Waals surface area contributed by atoms with Gasteiger partial charge in [0.15, 0.2) is 0 Å². The van der Waals surface area contributed by atoms with E-state index in [9.17, 15) is 20.4 Å². The topological polar surface area (TPSA) is 80.9 Å². The van der Waals surface area contributed by atoms with Crippen LogP contribution in [0.25, 0.3) is 0 Å². The molecule has 0 saturated heterocycles. The van der Waals surface area contributed by atoms with Crippen LogP contribution in [-0.4, -0.2) is 44.8 Å². The number of aliphatic hydroxyl groups excluding tert-OH is 3. The third kappa shape index (κ3) is 1.33. The molecular weight excluding hydrogens is 244 g/mol. The molecule has 0 aromatic rings. The SMILES string of the molecule is CC1=C2C(=C[C@](C)(CO)[C@H]2O)[C@H](O)[C@@](C)(O)C12CC2. The van der Waals surface area contributed by atoms with Crippen LogP contribution in [0.1, 0.15) is 33.6 Å². The van der Waals surface area contributed by atoms with Gasteiger partial charge in [-0.25, -0.2) is 0 Å². The molecule has 4 nitrogen and oxygen atoms in total. The summed E-state index contributed by atoms with van der Waals surface area (Å²) in [6, 6.07) is 0. The van der Waals surface area contributed by atoms with E-state index in [0.717, 1.165) is 24.0 Å². The van der Waals surface area contributed by atoms with E-state index < -0.39 is 28.6 Å². The number of aliphatic hydroxyl groups is 4. The molecule has 3 aliphatic rings. The molecule has 0 radical (unpaired) electrons. The van der Waals surface area contributed by atoms with Crippen LogP contribution >= 0.6 is 0 Å². The Labute approximate surface area is 113 Å². The first-order valence-corrected chi connectivity index (χ1v) is 6.85. The summed E-state index contributed by atoms with van der Waals surface area (Å²) in [5.41, 5.74) is -0.0901. The summed E-state index contributed by atoms with van der Waals surface area (Å²) in [6.45, 7) is 5.19. The van der Waals surface area contributed by atoms with E-state index in [1.54, 1.807) is 19.9 Å². The molecule has 3 rings (SSSR count). The molecule has 3 aliphatic carbocycles. The van der Waals surface area contributed by atoms with Crippen LogP contribution in [-0.2, 0) is 0 Å². The molecule has 0 aliphatic heterocycles. The zero-order valence-electron chi connectivity index (χ0n) is 11.6. The molecule has 4 N–H and O–H groups in total. The third-order valence-electron chi connectivity index (χ3n) is 5.70. The highest BCUT2D eigenvalue weighted by atomic mass is 16.3. The summed E-state index contributed by atoms with van der Waals surface area (Å²) in [7, 11) is 0. The fourth-order valence-electron chi connectivity index (χ4n) is 3.99. The van der Waals surface area contributed by atoms with Gasteiger partial charge in [-0.3, -0.25) is 0 Å². The van der Waals surface area contributed by atoms with Crippen molar-refractivity contribution in [3.8, 4) is 0 Å². The van der Waals surface area contributed by atoms with Gasteiger partial charge >= 0.3 is 0 Å². The van der Waals surface area contributed by atoms with E-state index in [1.807, 2.05) is 6.92 Å². The van der Waals surface area contributed by atoms with Crippen LogP contribution in [0.2, 0.25) is 0 Å². The maximum Gasteiger partial charge on any atom is 0.108 e. The smallest absolute Gasteiger partial charge is 0.108 e. The summed E-state index contributed by atoms with van der Waals surface area (Å²) < 4.78 is 0. The van der Waals surface area contributed by atoms with Crippen molar-refractivity contribution >= 4 is 0 Å². The first kappa shape index (κ1) is 13.3. The zero-order chi connectivity index (χ0) is 14.2. The van der Waals surface area contributed by atoms with Crippen LogP contribution in [0, 0.1) is 10.8 Å². The summed E-state index contributed by atoms with van der Waals surface area (Å²) >= 11 is 0. The molecule has 106 valence electrons. The fourth-order valence-corrected chi connectivity index (χ4v) is 3.99. The van der Waals surface area contributed by atoms with Gasteiger partial charge in [0.1, 0.15) is 11.7 Å². The second-order valence-corrected chi connectivity index (χ2v) is 6.84. The Morgan fingerprint density at radius 3 is 2.26 bits per heavy atom. The molecule has 0 unspecified atom stereocenters. The largest absolute Gasteiger partial charge is 0.395 e. The van der Waals surface area contributed by atoms with E-state index in [1.165, 1.54) is 0 Å². The van der Waals surface area contributed by atoms with Gasteiger partial charge in [-0.15, -0.1) is 0 Å². The highest BCUT2D eigenvalue weighted by Crippen LogP contribution is 2.66. The quantitative estimate of drug-likeness (QED) is 0.557. The van der Waals surface area contributed by atoms with E-state index in [4.69, 9.17) is 0 Å². The van der Waals surface area contributed by atoms with Gasteiger partial charge in [0.2, 0.25) is 0 Å². The summed E-state index contributed by atoms with van der Waals surface area (Å²) in [5.74, 6) is 0. The molecule has 4 atom stereocenters. The lowest BCUT2D eigenvalue weighted by Crippen LogP contribution is -2.52. The van der Waals surface area contributed by atoms with Gasteiger partial charge in [0, 0.05) is 10.8 Å². The molecule has 4 heteroatoms. The summed E-state index contributed by atoms with van der Waals surface area (Å²) in [6.07, 6.45) is 1.59. The van der Waals surface area contributed by atoms with Crippen LogP contribution in [0.4, 0.5) is 0 Å². The number of rotatable bonds is 1. The lowest BCUT2D eigenvalue weighted by molar-refractivity contribution is -0.0901. The van der Waals surface area contributed by atoms with E-state index in [-0.39, 0.29) is 6.61 Å². The van der Waals surface area contributed by atoms with Crippen molar-refractivity contribution in [3.63, 3.8) is 0 Å². The predicted molar refractivity (Wildman–Crippen MR) is 70.3 cm³/mol. The van der Waals surface area contributed by atoms with Gasteiger partial charge < -0.3 is 20.4 Å². The molecule has 19 heavy (non-hydrogen) atoms. The summed E-state index contributed by atoms with van der Waals surface area (Å²) in [5, 5.41) is 41.2. The number of hydrogen-bond acceptors (Lipinski definition) is 4. The Balaban J connectivity index is 2.22. The van der Waals surface area contributed by atoms with Crippen LogP contribution in [0.3, 0.4) is 0 Å². The Kier molecular flexibility index (Phi) is 2.45. The Morgan fingerprint density at radius 1 is 1.21 bits per heavy atom. The third-order valence-corrected chi connectivity index (χ3v) is 5.70. The van der Waals surface area contributed by atoms with Gasteiger partial charge in [-0.2, -0.15) is 0 Å². The average Bonchev–Trinajstić information content (AvgIpc) is 3.12. The van der Waals surface area contributed by atoms with Crippen molar-refractivity contribution in [2.45, 2.75) is 51.4 Å². The number of hydrogen-bond donors (Lipinski definition) is 4. The van der Waals surface area contributed by atoms with Crippen molar-refractivity contribution in [3.05, 3.63) is 22.8 Å². The van der Waals surface area contributed by atoms with Crippen LogP contribution in [0.5, 0.6) is 0 Å². The first-order chi connectivity index (χ1) is 8.71. The molecule has 1 fully saturated rings. The molecule has 0 heterocycles. The molecule has 0 amide bonds. The van der Waals surface area contributed by atoms with Gasteiger partial charge in [-0.1, -0.05) is 18.6 Å². The van der Waals surface area contributed by atoms with Gasteiger partial charge in [0.25, 0.3) is 0 Å². The maximum atomic E-state index is 10.7. The van der Waals surface area contributed by atoms with Gasteiger partial charge in [-0.05, 0) is 37.8 Å². The average molecular weight is 266 g/mol. The van der Waals surface area contributed by atoms with Crippen molar-refractivity contribution < 1.29 is 20.4 Å². The standard InChI is InChI=1S/C15H22O4/c1-8-10-9(6-13(2,7-16)12(10)18)11(17)14(3,19)15(8)4-5-15/h6,11-12,16-19H,4-5,7H2,1-3H3/t11-,12-,13+,14+/m0/s1. The second kappa shape index (κ2) is 3.50. The molecule has 1 spiro atoms. The van der Waals surface area contributed by atoms with Crippen molar-refractivity contribution in [1.29, 1.82) is 0 Å². The zero-order valence-corrected chi connectivity index (χ0v) is 11.6.